The van der Waals surface area contributed by atoms with Crippen molar-refractivity contribution in [3.8, 4) is 0 Å². The minimum absolute atomic E-state index is 0.0673. The molecule has 19 heavy (non-hydrogen) atoms. The van der Waals surface area contributed by atoms with Gasteiger partial charge in [0.25, 0.3) is 0 Å². The molecule has 1 saturated carbocycles. The van der Waals surface area contributed by atoms with Gasteiger partial charge in [0.15, 0.2) is 0 Å². The Kier molecular flexibility index (Phi) is 4.86. The summed E-state index contributed by atoms with van der Waals surface area (Å²) < 4.78 is 1.33. The van der Waals surface area contributed by atoms with Crippen molar-refractivity contribution in [3.63, 3.8) is 0 Å². The SMILES string of the molecule is C=C(CO)[C@H]1CCC(C)(O)C([Se]c2ccccc2)C1. The van der Waals surface area contributed by atoms with Crippen molar-refractivity contribution in [1.82, 2.24) is 0 Å². The summed E-state index contributed by atoms with van der Waals surface area (Å²) in [6.07, 6.45) is 2.69. The molecule has 1 aromatic carbocycles. The summed E-state index contributed by atoms with van der Waals surface area (Å²) in [6.45, 7) is 5.99. The fourth-order valence-electron chi connectivity index (χ4n) is 2.60. The summed E-state index contributed by atoms with van der Waals surface area (Å²) in [5.74, 6) is 0.362. The van der Waals surface area contributed by atoms with Gasteiger partial charge >= 0.3 is 121 Å². The molecule has 0 radical (unpaired) electrons. The van der Waals surface area contributed by atoms with Crippen molar-refractivity contribution in [2.45, 2.75) is 36.6 Å². The number of hydrogen-bond donors (Lipinski definition) is 2. The molecule has 2 rings (SSSR count). The predicted molar refractivity (Wildman–Crippen MR) is 79.8 cm³/mol. The van der Waals surface area contributed by atoms with E-state index in [4.69, 9.17) is 0 Å². The molecule has 2 N–H and O–H groups in total. The first-order chi connectivity index (χ1) is 9.03. The maximum absolute atomic E-state index is 10.6. The van der Waals surface area contributed by atoms with Crippen LogP contribution in [0.25, 0.3) is 0 Å². The van der Waals surface area contributed by atoms with Gasteiger partial charge in [-0.3, -0.25) is 0 Å². The summed E-state index contributed by atoms with van der Waals surface area (Å²) in [6, 6.07) is 10.4. The molecule has 3 atom stereocenters. The standard InChI is InChI=1S/C16H22O2Se/c1-12(11-17)13-8-9-16(2,18)15(10-13)19-14-6-4-3-5-7-14/h3-7,13,15,17-18H,1,8-11H2,2H3/t13-,15?,16?/m0/s1. The Bertz CT molecular complexity index is 428. The average Bonchev–Trinajstić information content (AvgIpc) is 2.41. The maximum atomic E-state index is 10.6. The Morgan fingerprint density at radius 2 is 2.11 bits per heavy atom. The topological polar surface area (TPSA) is 40.5 Å². The molecule has 0 saturated heterocycles. The summed E-state index contributed by atoms with van der Waals surface area (Å²) in [5.41, 5.74) is 0.339. The second kappa shape index (κ2) is 6.23. The van der Waals surface area contributed by atoms with Gasteiger partial charge in [0.05, 0.1) is 0 Å². The molecule has 0 spiro atoms. The minimum atomic E-state index is -0.581. The fraction of sp³-hybridized carbons (Fsp3) is 0.500. The molecular weight excluding hydrogens is 303 g/mol. The van der Waals surface area contributed by atoms with E-state index in [1.54, 1.807) is 0 Å². The van der Waals surface area contributed by atoms with Crippen LogP contribution in [0.5, 0.6) is 0 Å². The summed E-state index contributed by atoms with van der Waals surface area (Å²) in [4.78, 5) is 0.296. The molecule has 1 aliphatic rings. The van der Waals surface area contributed by atoms with Crippen LogP contribution in [0, 0.1) is 5.92 Å². The third-order valence-corrected chi connectivity index (χ3v) is 7.20. The van der Waals surface area contributed by atoms with Gasteiger partial charge < -0.3 is 0 Å². The van der Waals surface area contributed by atoms with Crippen LogP contribution in [0.15, 0.2) is 42.5 Å². The zero-order valence-corrected chi connectivity index (χ0v) is 13.1. The van der Waals surface area contributed by atoms with Crippen molar-refractivity contribution < 1.29 is 10.2 Å². The number of aliphatic hydroxyl groups is 2. The van der Waals surface area contributed by atoms with E-state index in [0.29, 0.717) is 10.7 Å². The fourth-order valence-corrected chi connectivity index (χ4v) is 5.41. The molecule has 1 aliphatic carbocycles. The first-order valence-corrected chi connectivity index (χ1v) is 8.60. The van der Waals surface area contributed by atoms with E-state index >= 15 is 0 Å². The van der Waals surface area contributed by atoms with E-state index in [2.05, 4.69) is 30.8 Å². The van der Waals surface area contributed by atoms with Gasteiger partial charge in [-0.05, 0) is 0 Å². The van der Waals surface area contributed by atoms with Gasteiger partial charge in [0.1, 0.15) is 0 Å². The van der Waals surface area contributed by atoms with Crippen LogP contribution in [-0.2, 0) is 0 Å². The Morgan fingerprint density at radius 1 is 1.42 bits per heavy atom. The molecular formula is C16H22O2Se. The molecule has 1 aromatic rings. The van der Waals surface area contributed by atoms with Crippen molar-refractivity contribution in [1.29, 1.82) is 0 Å². The van der Waals surface area contributed by atoms with E-state index < -0.39 is 5.60 Å². The Hall–Kier alpha value is -0.601. The van der Waals surface area contributed by atoms with Crippen LogP contribution in [0.4, 0.5) is 0 Å². The monoisotopic (exact) mass is 326 g/mol. The molecule has 2 nitrogen and oxygen atoms in total. The molecule has 104 valence electrons. The zero-order valence-electron chi connectivity index (χ0n) is 11.4. The van der Waals surface area contributed by atoms with Gasteiger partial charge in [-0.15, -0.1) is 0 Å². The van der Waals surface area contributed by atoms with Crippen LogP contribution < -0.4 is 4.46 Å². The van der Waals surface area contributed by atoms with Crippen LogP contribution in [-0.4, -0.2) is 37.4 Å². The molecule has 0 aromatic heterocycles. The van der Waals surface area contributed by atoms with Gasteiger partial charge in [-0.1, -0.05) is 0 Å². The quantitative estimate of drug-likeness (QED) is 0.656. The summed E-state index contributed by atoms with van der Waals surface area (Å²) in [5, 5.41) is 19.8. The molecule has 0 aliphatic heterocycles. The number of rotatable bonds is 4. The third kappa shape index (κ3) is 3.70. The first kappa shape index (κ1) is 14.8. The molecule has 2 unspecified atom stereocenters. The van der Waals surface area contributed by atoms with Crippen molar-refractivity contribution in [2.24, 2.45) is 5.92 Å². The van der Waals surface area contributed by atoms with Gasteiger partial charge in [-0.25, -0.2) is 0 Å². The van der Waals surface area contributed by atoms with Gasteiger partial charge in [0.2, 0.25) is 0 Å². The van der Waals surface area contributed by atoms with E-state index in [1.165, 1.54) is 4.46 Å². The third-order valence-electron chi connectivity index (χ3n) is 3.99. The Balaban J connectivity index is 2.09. The molecule has 0 bridgehead atoms. The van der Waals surface area contributed by atoms with E-state index in [1.807, 2.05) is 13.0 Å². The van der Waals surface area contributed by atoms with Crippen LogP contribution in [0.2, 0.25) is 4.82 Å². The molecule has 3 heteroatoms. The zero-order chi connectivity index (χ0) is 13.9. The molecule has 0 amide bonds. The molecule has 1 fully saturated rings. The summed E-state index contributed by atoms with van der Waals surface area (Å²) in [7, 11) is 0. The van der Waals surface area contributed by atoms with Gasteiger partial charge in [0, 0.05) is 0 Å². The number of benzene rings is 1. The second-order valence-electron chi connectivity index (χ2n) is 5.56. The predicted octanol–water partition coefficient (Wildman–Crippen LogP) is 1.90. The second-order valence-corrected chi connectivity index (χ2v) is 8.24. The van der Waals surface area contributed by atoms with Crippen molar-refractivity contribution in [3.05, 3.63) is 42.5 Å². The molecule has 0 heterocycles. The Labute approximate surface area is 121 Å². The summed E-state index contributed by atoms with van der Waals surface area (Å²) >= 11 is 0.263. The number of aliphatic hydroxyl groups excluding tert-OH is 1. The van der Waals surface area contributed by atoms with E-state index in [0.717, 1.165) is 24.8 Å². The average molecular weight is 325 g/mol. The van der Waals surface area contributed by atoms with Gasteiger partial charge in [-0.2, -0.15) is 0 Å². The van der Waals surface area contributed by atoms with E-state index in [-0.39, 0.29) is 21.6 Å². The Morgan fingerprint density at radius 3 is 2.74 bits per heavy atom. The van der Waals surface area contributed by atoms with E-state index in [9.17, 15) is 10.2 Å². The normalized spacial score (nSPS) is 31.1. The van der Waals surface area contributed by atoms with Crippen LogP contribution >= 0.6 is 0 Å². The van der Waals surface area contributed by atoms with Crippen LogP contribution in [0.3, 0.4) is 0 Å². The van der Waals surface area contributed by atoms with Crippen LogP contribution in [0.1, 0.15) is 26.2 Å². The number of hydrogen-bond acceptors (Lipinski definition) is 2. The van der Waals surface area contributed by atoms with Crippen molar-refractivity contribution >= 4 is 19.4 Å². The first-order valence-electron chi connectivity index (χ1n) is 6.75. The van der Waals surface area contributed by atoms with Crippen molar-refractivity contribution in [2.75, 3.05) is 6.61 Å².